The summed E-state index contributed by atoms with van der Waals surface area (Å²) in [4.78, 5) is 0. The Kier molecular flexibility index (Phi) is 11.1. The highest BCUT2D eigenvalue weighted by Gasteiger charge is 1.95. The lowest BCUT2D eigenvalue weighted by Crippen LogP contribution is -1.86. The normalized spacial score (nSPS) is 11.7. The van der Waals surface area contributed by atoms with Gasteiger partial charge in [0.15, 0.2) is 0 Å². The molecule has 1 rings (SSSR count). The maximum Gasteiger partial charge on any atom is 0.115 e. The number of phenols is 1. The highest BCUT2D eigenvalue weighted by atomic mass is 16.3. The van der Waals surface area contributed by atoms with E-state index in [1.807, 2.05) is 12.1 Å². The minimum atomic E-state index is 0.383. The van der Waals surface area contributed by atoms with Gasteiger partial charge in [-0.2, -0.15) is 0 Å². The topological polar surface area (TPSA) is 20.2 Å². The van der Waals surface area contributed by atoms with E-state index in [0.717, 1.165) is 12.8 Å². The molecule has 0 bridgehead atoms. The number of rotatable bonds is 12. The fourth-order valence-electron chi connectivity index (χ4n) is 2.51. The number of benzene rings is 1. The third kappa shape index (κ3) is 10.3. The second kappa shape index (κ2) is 13.2. The Balaban J connectivity index is 1.90. The number of hydrogen-bond donors (Lipinski definition) is 1. The van der Waals surface area contributed by atoms with E-state index in [2.05, 4.69) is 37.3 Å². The Hall–Kier alpha value is -1.50. The predicted octanol–water partition coefficient (Wildman–Crippen LogP) is 6.58. The summed E-state index contributed by atoms with van der Waals surface area (Å²) in [6, 6.07) is 7.63. The van der Waals surface area contributed by atoms with Crippen molar-refractivity contribution in [3.63, 3.8) is 0 Å². The molecule has 0 radical (unpaired) electrons. The zero-order chi connectivity index (χ0) is 15.9. The van der Waals surface area contributed by atoms with Crippen LogP contribution in [-0.2, 0) is 6.42 Å². The lowest BCUT2D eigenvalue weighted by Gasteiger charge is -2.02. The molecular weight excluding hydrogens is 268 g/mol. The highest BCUT2D eigenvalue weighted by Crippen LogP contribution is 2.14. The minimum absolute atomic E-state index is 0.383. The van der Waals surface area contributed by atoms with Gasteiger partial charge in [-0.3, -0.25) is 0 Å². The molecule has 0 unspecified atom stereocenters. The van der Waals surface area contributed by atoms with Crippen molar-refractivity contribution >= 4 is 0 Å². The van der Waals surface area contributed by atoms with Gasteiger partial charge >= 0.3 is 0 Å². The van der Waals surface area contributed by atoms with E-state index < -0.39 is 0 Å². The summed E-state index contributed by atoms with van der Waals surface area (Å²) >= 11 is 0. The lowest BCUT2D eigenvalue weighted by atomic mass is 10.0. The molecule has 0 amide bonds. The van der Waals surface area contributed by atoms with Crippen molar-refractivity contribution < 1.29 is 5.11 Å². The van der Waals surface area contributed by atoms with Crippen molar-refractivity contribution in [2.45, 2.75) is 71.1 Å². The Labute approximate surface area is 136 Å². The van der Waals surface area contributed by atoms with Gasteiger partial charge in [-0.1, -0.05) is 69.0 Å². The summed E-state index contributed by atoms with van der Waals surface area (Å²) in [5.74, 6) is 0.383. The average molecular weight is 300 g/mol. The van der Waals surface area contributed by atoms with Crippen LogP contribution in [0, 0.1) is 0 Å². The van der Waals surface area contributed by atoms with Crippen LogP contribution in [-0.4, -0.2) is 5.11 Å². The van der Waals surface area contributed by atoms with E-state index >= 15 is 0 Å². The number of unbranched alkanes of at least 4 members (excludes halogenated alkanes) is 6. The SMILES string of the molecule is CCC/C=C\C/C=C\CCCCCCCc1cccc(O)c1. The van der Waals surface area contributed by atoms with Crippen LogP contribution in [0.4, 0.5) is 0 Å². The van der Waals surface area contributed by atoms with Crippen molar-refractivity contribution in [1.82, 2.24) is 0 Å². The van der Waals surface area contributed by atoms with Crippen LogP contribution < -0.4 is 0 Å². The van der Waals surface area contributed by atoms with Gasteiger partial charge in [0.25, 0.3) is 0 Å². The van der Waals surface area contributed by atoms with E-state index in [-0.39, 0.29) is 0 Å². The molecule has 0 saturated heterocycles. The first-order chi connectivity index (χ1) is 10.8. The first kappa shape index (κ1) is 18.5. The summed E-state index contributed by atoms with van der Waals surface area (Å²) in [6.07, 6.45) is 21.5. The largest absolute Gasteiger partial charge is 0.508 e. The quantitative estimate of drug-likeness (QED) is 0.341. The second-order valence-corrected chi connectivity index (χ2v) is 5.94. The Morgan fingerprint density at radius 2 is 1.59 bits per heavy atom. The molecule has 0 aliphatic carbocycles. The van der Waals surface area contributed by atoms with E-state index in [4.69, 9.17) is 0 Å². The third-order valence-electron chi connectivity index (χ3n) is 3.81. The van der Waals surface area contributed by atoms with Gasteiger partial charge in [0.05, 0.1) is 0 Å². The summed E-state index contributed by atoms with van der Waals surface area (Å²) in [5.41, 5.74) is 1.25. The van der Waals surface area contributed by atoms with Crippen LogP contribution in [0.5, 0.6) is 5.75 Å². The second-order valence-electron chi connectivity index (χ2n) is 5.94. The summed E-state index contributed by atoms with van der Waals surface area (Å²) in [7, 11) is 0. The number of phenolic OH excluding ortho intramolecular Hbond substituents is 1. The Morgan fingerprint density at radius 1 is 0.864 bits per heavy atom. The van der Waals surface area contributed by atoms with Crippen molar-refractivity contribution in [3.05, 3.63) is 54.1 Å². The van der Waals surface area contributed by atoms with Crippen molar-refractivity contribution in [2.75, 3.05) is 0 Å². The zero-order valence-electron chi connectivity index (χ0n) is 14.1. The molecule has 22 heavy (non-hydrogen) atoms. The predicted molar refractivity (Wildman–Crippen MR) is 97.3 cm³/mol. The minimum Gasteiger partial charge on any atom is -0.508 e. The molecule has 122 valence electrons. The maximum atomic E-state index is 9.41. The molecule has 0 aromatic heterocycles. The van der Waals surface area contributed by atoms with Gasteiger partial charge in [0.2, 0.25) is 0 Å². The molecule has 1 heteroatoms. The van der Waals surface area contributed by atoms with Crippen LogP contribution in [0.3, 0.4) is 0 Å². The van der Waals surface area contributed by atoms with Crippen molar-refractivity contribution in [2.24, 2.45) is 0 Å². The summed E-state index contributed by atoms with van der Waals surface area (Å²) in [5, 5.41) is 9.41. The molecule has 1 aromatic rings. The molecule has 0 spiro atoms. The van der Waals surface area contributed by atoms with Crippen LogP contribution in [0.25, 0.3) is 0 Å². The van der Waals surface area contributed by atoms with E-state index in [1.165, 1.54) is 56.9 Å². The van der Waals surface area contributed by atoms with Crippen molar-refractivity contribution in [3.8, 4) is 5.75 Å². The third-order valence-corrected chi connectivity index (χ3v) is 3.81. The van der Waals surface area contributed by atoms with Gasteiger partial charge in [-0.05, 0) is 56.2 Å². The number of aromatic hydroxyl groups is 1. The van der Waals surface area contributed by atoms with Gasteiger partial charge in [-0.15, -0.1) is 0 Å². The van der Waals surface area contributed by atoms with Crippen LogP contribution in [0.15, 0.2) is 48.6 Å². The molecule has 0 saturated carbocycles. The Morgan fingerprint density at radius 3 is 2.36 bits per heavy atom. The van der Waals surface area contributed by atoms with Crippen LogP contribution in [0.1, 0.15) is 70.3 Å². The van der Waals surface area contributed by atoms with Crippen LogP contribution >= 0.6 is 0 Å². The highest BCUT2D eigenvalue weighted by molar-refractivity contribution is 5.27. The smallest absolute Gasteiger partial charge is 0.115 e. The molecule has 1 aromatic carbocycles. The first-order valence-electron chi connectivity index (χ1n) is 8.91. The molecule has 1 N–H and O–H groups in total. The Bertz CT molecular complexity index is 431. The standard InChI is InChI=1S/C21H32O/c1-2-3-4-5-6-7-8-9-10-11-12-13-14-16-20-17-15-18-21(22)19-20/h4-5,7-8,15,17-19,22H,2-3,6,9-14,16H2,1H3/b5-4-,8-7-. The first-order valence-corrected chi connectivity index (χ1v) is 8.91. The van der Waals surface area contributed by atoms with E-state index in [9.17, 15) is 5.11 Å². The number of hydrogen-bond acceptors (Lipinski definition) is 1. The number of allylic oxidation sites excluding steroid dienone is 4. The summed E-state index contributed by atoms with van der Waals surface area (Å²) < 4.78 is 0. The fourth-order valence-corrected chi connectivity index (χ4v) is 2.51. The molecule has 1 nitrogen and oxygen atoms in total. The van der Waals surface area contributed by atoms with Crippen molar-refractivity contribution in [1.29, 1.82) is 0 Å². The zero-order valence-corrected chi connectivity index (χ0v) is 14.1. The van der Waals surface area contributed by atoms with Gasteiger partial charge < -0.3 is 5.11 Å². The lowest BCUT2D eigenvalue weighted by molar-refractivity contribution is 0.474. The molecule has 0 atom stereocenters. The van der Waals surface area contributed by atoms with E-state index in [0.29, 0.717) is 5.75 Å². The van der Waals surface area contributed by atoms with Gasteiger partial charge in [0, 0.05) is 0 Å². The molecule has 0 fully saturated rings. The van der Waals surface area contributed by atoms with Gasteiger partial charge in [0.1, 0.15) is 5.75 Å². The number of aryl methyl sites for hydroxylation is 1. The maximum absolute atomic E-state index is 9.41. The monoisotopic (exact) mass is 300 g/mol. The molecular formula is C21H32O. The fraction of sp³-hybridized carbons (Fsp3) is 0.524. The van der Waals surface area contributed by atoms with Crippen LogP contribution in [0.2, 0.25) is 0 Å². The molecule has 0 aliphatic heterocycles. The van der Waals surface area contributed by atoms with E-state index in [1.54, 1.807) is 6.07 Å². The van der Waals surface area contributed by atoms with Gasteiger partial charge in [-0.25, -0.2) is 0 Å². The summed E-state index contributed by atoms with van der Waals surface area (Å²) in [6.45, 7) is 2.21. The average Bonchev–Trinajstić information content (AvgIpc) is 2.52. The molecule has 0 heterocycles. The molecule has 0 aliphatic rings.